The molecule has 1 N–H and O–H groups in total. The van der Waals surface area contributed by atoms with Crippen LogP contribution in [-0.4, -0.2) is 34.3 Å². The number of carbonyl (C=O) groups is 1. The summed E-state index contributed by atoms with van der Waals surface area (Å²) >= 11 is 8.91. The highest BCUT2D eigenvalue weighted by Crippen LogP contribution is 2.04. The molecule has 0 aliphatic rings. The highest BCUT2D eigenvalue weighted by atomic mass is 32.1. The molecule has 0 fully saturated rings. The Morgan fingerprint density at radius 2 is 2.00 bits per heavy atom. The fourth-order valence-electron chi connectivity index (χ4n) is 1.22. The number of benzene rings is 1. The minimum absolute atomic E-state index is 0.249. The van der Waals surface area contributed by atoms with Gasteiger partial charge in [0.15, 0.2) is 0 Å². The van der Waals surface area contributed by atoms with Crippen molar-refractivity contribution in [3.8, 4) is 0 Å². The van der Waals surface area contributed by atoms with Crippen LogP contribution in [0.1, 0.15) is 10.4 Å². The van der Waals surface area contributed by atoms with Gasteiger partial charge in [0.05, 0.1) is 23.4 Å². The van der Waals surface area contributed by atoms with Crippen LogP contribution in [-0.2, 0) is 0 Å². The van der Waals surface area contributed by atoms with Crippen LogP contribution in [0.15, 0.2) is 40.5 Å². The summed E-state index contributed by atoms with van der Waals surface area (Å²) in [6.45, 7) is 0.695. The first kappa shape index (κ1) is 14.2. The summed E-state index contributed by atoms with van der Waals surface area (Å²) in [5, 5.41) is 12.8. The van der Waals surface area contributed by atoms with Gasteiger partial charge in [0.25, 0.3) is 5.91 Å². The van der Waals surface area contributed by atoms with Crippen molar-refractivity contribution in [2.45, 2.75) is 0 Å². The van der Waals surface area contributed by atoms with Gasteiger partial charge in [0.1, 0.15) is 0 Å². The lowest BCUT2D eigenvalue weighted by atomic mass is 10.2. The molecule has 7 heteroatoms. The Bertz CT molecular complexity index is 493. The van der Waals surface area contributed by atoms with Crippen molar-refractivity contribution in [3.63, 3.8) is 0 Å². The summed E-state index contributed by atoms with van der Waals surface area (Å²) < 4.78 is 0. The summed E-state index contributed by atoms with van der Waals surface area (Å²) in [6, 6.07) is 8.80. The van der Waals surface area contributed by atoms with Crippen molar-refractivity contribution in [2.75, 3.05) is 13.1 Å². The second kappa shape index (κ2) is 8.22. The highest BCUT2D eigenvalue weighted by molar-refractivity contribution is 7.78. The molecule has 0 aromatic heterocycles. The van der Waals surface area contributed by atoms with Crippen LogP contribution < -0.4 is 5.43 Å². The first-order chi connectivity index (χ1) is 8.79. The maximum absolute atomic E-state index is 12.0. The van der Waals surface area contributed by atoms with Gasteiger partial charge in [-0.05, 0) is 36.6 Å². The van der Waals surface area contributed by atoms with Gasteiger partial charge in [-0.25, -0.2) is 5.01 Å². The first-order valence-electron chi connectivity index (χ1n) is 5.04. The molecule has 0 heterocycles. The normalized spacial score (nSPS) is 8.67. The molecular formula is C11H10N4OS2. The third kappa shape index (κ3) is 4.53. The Morgan fingerprint density at radius 3 is 2.61 bits per heavy atom. The third-order valence-corrected chi connectivity index (χ3v) is 2.15. The molecule has 1 aromatic rings. The van der Waals surface area contributed by atoms with Gasteiger partial charge in [-0.1, -0.05) is 18.2 Å². The van der Waals surface area contributed by atoms with Crippen LogP contribution in [0.5, 0.6) is 0 Å². The van der Waals surface area contributed by atoms with Gasteiger partial charge in [-0.15, -0.1) is 10.2 Å². The molecule has 18 heavy (non-hydrogen) atoms. The molecule has 1 rings (SSSR count). The van der Waals surface area contributed by atoms with Gasteiger partial charge in [0.2, 0.25) is 0 Å². The van der Waals surface area contributed by atoms with Gasteiger partial charge in [-0.3, -0.25) is 10.2 Å². The first-order valence-corrected chi connectivity index (χ1v) is 5.85. The smallest absolute Gasteiger partial charge is 0.274 e. The van der Waals surface area contributed by atoms with Gasteiger partial charge < -0.3 is 0 Å². The number of nitrogens with zero attached hydrogens (tertiary/aromatic N) is 3. The third-order valence-electron chi connectivity index (χ3n) is 1.98. The summed E-state index contributed by atoms with van der Waals surface area (Å²) in [6.07, 6.45) is 0. The topological polar surface area (TPSA) is 57.1 Å². The molecule has 0 atom stereocenters. The van der Waals surface area contributed by atoms with Crippen molar-refractivity contribution >= 4 is 40.7 Å². The number of amides is 1. The fraction of sp³-hybridized carbons (Fsp3) is 0.182. The highest BCUT2D eigenvalue weighted by Gasteiger charge is 2.13. The van der Waals surface area contributed by atoms with Crippen molar-refractivity contribution in [3.05, 3.63) is 35.9 Å². The van der Waals surface area contributed by atoms with E-state index in [9.17, 15) is 4.79 Å². The number of isothiocyanates is 2. The largest absolute Gasteiger partial charge is 0.299 e. The van der Waals surface area contributed by atoms with E-state index >= 15 is 0 Å². The van der Waals surface area contributed by atoms with E-state index in [1.54, 1.807) is 24.3 Å². The number of hydrogen-bond donors (Lipinski definition) is 1. The van der Waals surface area contributed by atoms with E-state index in [1.165, 1.54) is 5.01 Å². The molecule has 0 bridgehead atoms. The van der Waals surface area contributed by atoms with E-state index in [-0.39, 0.29) is 5.91 Å². The minimum atomic E-state index is -0.249. The number of thiocarbonyl (C=S) groups is 2. The average molecular weight is 278 g/mol. The van der Waals surface area contributed by atoms with Gasteiger partial charge in [0, 0.05) is 5.56 Å². The summed E-state index contributed by atoms with van der Waals surface area (Å²) in [4.78, 5) is 12.0. The zero-order valence-electron chi connectivity index (χ0n) is 9.37. The lowest BCUT2D eigenvalue weighted by Gasteiger charge is -2.14. The van der Waals surface area contributed by atoms with E-state index in [0.29, 0.717) is 18.7 Å². The molecule has 0 spiro atoms. The van der Waals surface area contributed by atoms with Crippen molar-refractivity contribution in [2.24, 2.45) is 10.2 Å². The Morgan fingerprint density at radius 1 is 1.28 bits per heavy atom. The van der Waals surface area contributed by atoms with E-state index < -0.39 is 0 Å². The number of rotatable bonds is 6. The van der Waals surface area contributed by atoms with Crippen molar-refractivity contribution < 1.29 is 4.79 Å². The number of hydrogen-bond acceptors (Lipinski definition) is 6. The number of hydrazone groups is 2. The molecule has 92 valence electrons. The zero-order chi connectivity index (χ0) is 13.2. The molecule has 0 aliphatic heterocycles. The van der Waals surface area contributed by atoms with Crippen LogP contribution in [0, 0.1) is 0 Å². The van der Waals surface area contributed by atoms with Crippen LogP contribution in [0.4, 0.5) is 0 Å². The van der Waals surface area contributed by atoms with Gasteiger partial charge >= 0.3 is 0 Å². The Hall–Kier alpha value is -1.91. The molecule has 1 amide bonds. The molecule has 1 aromatic carbocycles. The van der Waals surface area contributed by atoms with Crippen LogP contribution in [0.25, 0.3) is 0 Å². The second-order valence-corrected chi connectivity index (χ2v) is 3.46. The van der Waals surface area contributed by atoms with Gasteiger partial charge in [-0.2, -0.15) is 0 Å². The van der Waals surface area contributed by atoms with Crippen molar-refractivity contribution in [1.29, 1.82) is 0 Å². The minimum Gasteiger partial charge on any atom is -0.299 e. The predicted octanol–water partition coefficient (Wildman–Crippen LogP) is 1.75. The molecule has 0 radical (unpaired) electrons. The SMILES string of the molecule is O=C(c1ccccc1)N(CCNN=C=S)N=C=S. The van der Waals surface area contributed by atoms with E-state index in [0.717, 1.165) is 0 Å². The quantitative estimate of drug-likeness (QED) is 0.373. The molecule has 0 saturated carbocycles. The van der Waals surface area contributed by atoms with Crippen LogP contribution >= 0.6 is 24.4 Å². The average Bonchev–Trinajstić information content (AvgIpc) is 2.42. The van der Waals surface area contributed by atoms with E-state index in [2.05, 4.69) is 50.4 Å². The number of carbonyl (C=O) groups excluding carboxylic acids is 1. The maximum atomic E-state index is 12.0. The summed E-state index contributed by atoms with van der Waals surface area (Å²) in [7, 11) is 0. The lowest BCUT2D eigenvalue weighted by Crippen LogP contribution is -2.31. The lowest BCUT2D eigenvalue weighted by molar-refractivity contribution is 0.0764. The molecular weight excluding hydrogens is 268 g/mol. The Kier molecular flexibility index (Phi) is 6.46. The maximum Gasteiger partial charge on any atom is 0.274 e. The van der Waals surface area contributed by atoms with Crippen LogP contribution in [0.2, 0.25) is 0 Å². The van der Waals surface area contributed by atoms with E-state index in [4.69, 9.17) is 0 Å². The predicted molar refractivity (Wildman–Crippen MR) is 75.5 cm³/mol. The fourth-order valence-corrected chi connectivity index (χ4v) is 1.38. The van der Waals surface area contributed by atoms with Crippen LogP contribution in [0.3, 0.4) is 0 Å². The standard InChI is InChI=1S/C11H10N4OS2/c16-11(10-4-2-1-3-5-10)15(14-9-18)7-6-12-13-8-17/h1-5,12H,6-7H2. The second-order valence-electron chi connectivity index (χ2n) is 3.10. The Labute approximate surface area is 115 Å². The Balaban J connectivity index is 2.69. The van der Waals surface area contributed by atoms with Crippen molar-refractivity contribution in [1.82, 2.24) is 10.4 Å². The molecule has 5 nitrogen and oxygen atoms in total. The molecule has 0 unspecified atom stereocenters. The molecule has 0 saturated heterocycles. The summed E-state index contributed by atoms with van der Waals surface area (Å²) in [5.74, 6) is -0.249. The molecule has 0 aliphatic carbocycles. The summed E-state index contributed by atoms with van der Waals surface area (Å²) in [5.41, 5.74) is 3.16. The number of nitrogens with one attached hydrogen (secondary N) is 1. The zero-order valence-corrected chi connectivity index (χ0v) is 11.0. The van der Waals surface area contributed by atoms with E-state index in [1.807, 2.05) is 6.07 Å². The monoisotopic (exact) mass is 278 g/mol.